The number of carbonyl (C=O) groups is 4. The van der Waals surface area contributed by atoms with Gasteiger partial charge in [-0.2, -0.15) is 0 Å². The van der Waals surface area contributed by atoms with Gasteiger partial charge in [-0.05, 0) is 38.1 Å². The number of hydrogen-bond donors (Lipinski definition) is 1. The van der Waals surface area contributed by atoms with E-state index in [0.717, 1.165) is 31.6 Å². The Balaban J connectivity index is 1.46. The van der Waals surface area contributed by atoms with Crippen molar-refractivity contribution in [3.05, 3.63) is 48.0 Å². The number of carbonyl (C=O) groups excluding carboxylic acids is 4. The number of anilines is 1. The number of methoxy groups -OCH3 is 1. The van der Waals surface area contributed by atoms with Gasteiger partial charge in [0, 0.05) is 29.8 Å². The Hall–Kier alpha value is -3.04. The lowest BCUT2D eigenvalue weighted by Crippen LogP contribution is -2.47. The largest absolute Gasteiger partial charge is 0.496 e. The van der Waals surface area contributed by atoms with E-state index in [1.807, 2.05) is 36.4 Å². The molecule has 1 aliphatic carbocycles. The van der Waals surface area contributed by atoms with Crippen LogP contribution in [0.1, 0.15) is 32.3 Å². The second-order valence-corrected chi connectivity index (χ2v) is 10.9. The van der Waals surface area contributed by atoms with Crippen molar-refractivity contribution in [2.75, 3.05) is 12.4 Å². The predicted octanol–water partition coefficient (Wildman–Crippen LogP) is 4.68. The van der Waals surface area contributed by atoms with Crippen LogP contribution in [0.2, 0.25) is 0 Å². The van der Waals surface area contributed by atoms with Crippen LogP contribution in [0.4, 0.5) is 5.69 Å². The van der Waals surface area contributed by atoms with E-state index in [4.69, 9.17) is 4.74 Å². The topological polar surface area (TPSA) is 102 Å². The Kier molecular flexibility index (Phi) is 6.86. The molecule has 0 atom stereocenters. The fourth-order valence-electron chi connectivity index (χ4n) is 4.12. The molecule has 34 heavy (non-hydrogen) atoms. The number of ketones is 3. The molecule has 1 aromatic heterocycles. The molecular formula is C25H24N2O5S2. The SMILES string of the molecule is COc1ccccc1CSc1nc2ccc(NC(=O)C3(C)CC(=O)C(C(C)=O)C(=O)C3)cc2s1. The summed E-state index contributed by atoms with van der Waals surface area (Å²) in [6, 6.07) is 13.3. The maximum Gasteiger partial charge on any atom is 0.231 e. The number of thiazole rings is 1. The Bertz CT molecular complexity index is 1280. The first-order valence-corrected chi connectivity index (χ1v) is 12.5. The smallest absolute Gasteiger partial charge is 0.231 e. The molecule has 4 rings (SSSR count). The van der Waals surface area contributed by atoms with Gasteiger partial charge in [-0.15, -0.1) is 11.3 Å². The summed E-state index contributed by atoms with van der Waals surface area (Å²) in [5.41, 5.74) is 1.29. The summed E-state index contributed by atoms with van der Waals surface area (Å²) in [6.45, 7) is 2.82. The van der Waals surface area contributed by atoms with E-state index in [0.29, 0.717) is 5.69 Å². The Morgan fingerprint density at radius 2 is 1.88 bits per heavy atom. The first-order chi connectivity index (χ1) is 16.2. The average Bonchev–Trinajstić information content (AvgIpc) is 3.19. The van der Waals surface area contributed by atoms with E-state index in [9.17, 15) is 19.2 Å². The minimum Gasteiger partial charge on any atom is -0.496 e. The summed E-state index contributed by atoms with van der Waals surface area (Å²) in [5.74, 6) is -1.54. The molecule has 176 valence electrons. The first-order valence-electron chi connectivity index (χ1n) is 10.7. The van der Waals surface area contributed by atoms with Crippen LogP contribution < -0.4 is 10.1 Å². The number of hydrogen-bond acceptors (Lipinski definition) is 8. The van der Waals surface area contributed by atoms with Crippen molar-refractivity contribution in [2.45, 2.75) is 36.8 Å². The fourth-order valence-corrected chi connectivity index (χ4v) is 6.21. The molecule has 0 spiro atoms. The van der Waals surface area contributed by atoms with E-state index >= 15 is 0 Å². The summed E-state index contributed by atoms with van der Waals surface area (Å²) >= 11 is 3.14. The van der Waals surface area contributed by atoms with Crippen LogP contribution in [-0.2, 0) is 24.9 Å². The third-order valence-electron chi connectivity index (χ3n) is 5.90. The minimum atomic E-state index is -1.24. The van der Waals surface area contributed by atoms with Crippen LogP contribution in [0.5, 0.6) is 5.75 Å². The molecule has 1 N–H and O–H groups in total. The van der Waals surface area contributed by atoms with Crippen LogP contribution >= 0.6 is 23.1 Å². The number of Topliss-reactive ketones (excluding diaryl/α,β-unsaturated/α-hetero) is 3. The van der Waals surface area contributed by atoms with Crippen molar-refractivity contribution in [3.63, 3.8) is 0 Å². The minimum absolute atomic E-state index is 0.138. The lowest BCUT2D eigenvalue weighted by molar-refractivity contribution is -0.149. The number of para-hydroxylation sites is 1. The van der Waals surface area contributed by atoms with Crippen molar-refractivity contribution in [3.8, 4) is 5.75 Å². The van der Waals surface area contributed by atoms with E-state index in [1.54, 1.807) is 31.9 Å². The quantitative estimate of drug-likeness (QED) is 0.374. The van der Waals surface area contributed by atoms with E-state index in [1.165, 1.54) is 18.3 Å². The third-order valence-corrected chi connectivity index (χ3v) is 8.11. The van der Waals surface area contributed by atoms with Gasteiger partial charge >= 0.3 is 0 Å². The van der Waals surface area contributed by atoms with Crippen molar-refractivity contribution < 1.29 is 23.9 Å². The molecule has 7 nitrogen and oxygen atoms in total. The molecular weight excluding hydrogens is 472 g/mol. The van der Waals surface area contributed by atoms with Crippen LogP contribution in [0, 0.1) is 11.3 Å². The molecule has 1 amide bonds. The predicted molar refractivity (Wildman–Crippen MR) is 132 cm³/mol. The number of fused-ring (bicyclic) bond motifs is 1. The van der Waals surface area contributed by atoms with E-state index < -0.39 is 34.6 Å². The molecule has 0 radical (unpaired) electrons. The number of benzene rings is 2. The van der Waals surface area contributed by atoms with Gasteiger partial charge in [-0.25, -0.2) is 4.98 Å². The lowest BCUT2D eigenvalue weighted by atomic mass is 9.69. The van der Waals surface area contributed by atoms with Crippen LogP contribution in [0.25, 0.3) is 10.2 Å². The van der Waals surface area contributed by atoms with Crippen molar-refractivity contribution in [1.29, 1.82) is 0 Å². The molecule has 1 heterocycles. The van der Waals surface area contributed by atoms with Gasteiger partial charge in [0.15, 0.2) is 15.9 Å². The van der Waals surface area contributed by atoms with Gasteiger partial charge < -0.3 is 10.1 Å². The van der Waals surface area contributed by atoms with Crippen molar-refractivity contribution >= 4 is 62.3 Å². The van der Waals surface area contributed by atoms with Gasteiger partial charge in [0.2, 0.25) is 5.91 Å². The second kappa shape index (κ2) is 9.68. The molecule has 0 aliphatic heterocycles. The number of aromatic nitrogens is 1. The summed E-state index contributed by atoms with van der Waals surface area (Å²) in [6.07, 6.45) is -0.275. The Morgan fingerprint density at radius 3 is 2.56 bits per heavy atom. The maximum atomic E-state index is 13.0. The number of nitrogens with zero attached hydrogens (tertiary/aromatic N) is 1. The molecule has 1 saturated carbocycles. The summed E-state index contributed by atoms with van der Waals surface area (Å²) in [7, 11) is 1.65. The summed E-state index contributed by atoms with van der Waals surface area (Å²) in [5, 5.41) is 2.84. The standard InChI is InChI=1S/C25H24N2O5S2/c1-14(28)22-18(29)11-25(2,12-19(22)30)23(31)26-16-8-9-17-21(10-16)34-24(27-17)33-13-15-6-4-5-7-20(15)32-3/h4-10,22H,11-13H2,1-3H3,(H,26,31). The van der Waals surface area contributed by atoms with E-state index in [-0.39, 0.29) is 12.8 Å². The van der Waals surface area contributed by atoms with Gasteiger partial charge in [-0.1, -0.05) is 30.0 Å². The monoisotopic (exact) mass is 496 g/mol. The normalized spacial score (nSPS) is 20.4. The number of amides is 1. The molecule has 0 unspecified atom stereocenters. The number of rotatable bonds is 7. The van der Waals surface area contributed by atoms with Crippen molar-refractivity contribution in [1.82, 2.24) is 4.98 Å². The highest BCUT2D eigenvalue weighted by molar-refractivity contribution is 8.00. The van der Waals surface area contributed by atoms with Crippen LogP contribution in [0.15, 0.2) is 46.8 Å². The molecule has 2 aromatic carbocycles. The van der Waals surface area contributed by atoms with Gasteiger partial charge in [0.1, 0.15) is 17.5 Å². The highest BCUT2D eigenvalue weighted by atomic mass is 32.2. The highest BCUT2D eigenvalue weighted by Crippen LogP contribution is 2.38. The van der Waals surface area contributed by atoms with Gasteiger partial charge in [-0.3, -0.25) is 19.2 Å². The fraction of sp³-hybridized carbons (Fsp3) is 0.320. The van der Waals surface area contributed by atoms with Crippen molar-refractivity contribution in [2.24, 2.45) is 11.3 Å². The van der Waals surface area contributed by atoms with E-state index in [2.05, 4.69) is 10.3 Å². The first kappa shape index (κ1) is 24.1. The molecule has 9 heteroatoms. The average molecular weight is 497 g/mol. The number of ether oxygens (including phenoxy) is 1. The molecule has 1 aliphatic rings. The number of thioether (sulfide) groups is 1. The zero-order valence-electron chi connectivity index (χ0n) is 19.0. The molecule has 0 saturated heterocycles. The lowest BCUT2D eigenvalue weighted by Gasteiger charge is -2.33. The zero-order chi connectivity index (χ0) is 24.5. The van der Waals surface area contributed by atoms with Crippen LogP contribution in [0.3, 0.4) is 0 Å². The zero-order valence-corrected chi connectivity index (χ0v) is 20.7. The second-order valence-electron chi connectivity index (χ2n) is 8.61. The molecule has 1 fully saturated rings. The third kappa shape index (κ3) is 4.90. The summed E-state index contributed by atoms with van der Waals surface area (Å²) < 4.78 is 7.22. The maximum absolute atomic E-state index is 13.0. The molecule has 3 aromatic rings. The summed E-state index contributed by atoms with van der Waals surface area (Å²) in [4.78, 5) is 54.0. The van der Waals surface area contributed by atoms with Gasteiger partial charge in [0.05, 0.1) is 22.7 Å². The van der Waals surface area contributed by atoms with Gasteiger partial charge in [0.25, 0.3) is 0 Å². The Labute approximate surface area is 205 Å². The molecule has 0 bridgehead atoms. The number of nitrogens with one attached hydrogen (secondary N) is 1. The van der Waals surface area contributed by atoms with Crippen LogP contribution in [-0.4, -0.2) is 35.4 Å². The highest BCUT2D eigenvalue weighted by Gasteiger charge is 2.48. The Morgan fingerprint density at radius 1 is 1.18 bits per heavy atom.